The van der Waals surface area contributed by atoms with Crippen molar-refractivity contribution in [2.75, 3.05) is 19.0 Å². The molecule has 3 rings (SSSR count). The molecule has 2 aromatic carbocycles. The Bertz CT molecular complexity index is 1020. The maximum absolute atomic E-state index is 12.7. The quantitative estimate of drug-likeness (QED) is 0.567. The summed E-state index contributed by atoms with van der Waals surface area (Å²) >= 11 is 0. The van der Waals surface area contributed by atoms with Crippen molar-refractivity contribution >= 4 is 17.5 Å². The fourth-order valence-corrected chi connectivity index (χ4v) is 3.08. The Balaban J connectivity index is 1.58. The van der Waals surface area contributed by atoms with Crippen LogP contribution in [0.1, 0.15) is 21.6 Å². The van der Waals surface area contributed by atoms with Crippen molar-refractivity contribution in [1.29, 1.82) is 0 Å². The lowest BCUT2D eigenvalue weighted by molar-refractivity contribution is -0.690. The number of benzene rings is 2. The van der Waals surface area contributed by atoms with Crippen LogP contribution in [0.4, 0.5) is 5.69 Å². The van der Waals surface area contributed by atoms with Crippen LogP contribution in [-0.4, -0.2) is 25.5 Å². The van der Waals surface area contributed by atoms with Crippen molar-refractivity contribution in [2.24, 2.45) is 0 Å². The first-order chi connectivity index (χ1) is 14.6. The van der Waals surface area contributed by atoms with Crippen molar-refractivity contribution < 1.29 is 18.9 Å². The molecule has 0 fully saturated rings. The lowest BCUT2D eigenvalue weighted by atomic mass is 10.1. The van der Waals surface area contributed by atoms with Crippen LogP contribution in [0.15, 0.2) is 72.9 Å². The Morgan fingerprint density at radius 2 is 1.70 bits per heavy atom. The van der Waals surface area contributed by atoms with Gasteiger partial charge in [0.1, 0.15) is 5.75 Å². The molecule has 2 amide bonds. The monoisotopic (exact) mass is 404 g/mol. The molecule has 154 valence electrons. The van der Waals surface area contributed by atoms with Gasteiger partial charge in [-0.25, -0.2) is 0 Å². The number of hydrogen-bond acceptors (Lipinski definition) is 3. The van der Waals surface area contributed by atoms with Gasteiger partial charge in [-0.3, -0.25) is 9.59 Å². The zero-order valence-corrected chi connectivity index (χ0v) is 17.2. The van der Waals surface area contributed by atoms with E-state index in [-0.39, 0.29) is 18.4 Å². The van der Waals surface area contributed by atoms with Gasteiger partial charge in [0.2, 0.25) is 6.54 Å². The Morgan fingerprint density at radius 3 is 2.43 bits per heavy atom. The second-order valence-electron chi connectivity index (χ2n) is 6.92. The van der Waals surface area contributed by atoms with Crippen LogP contribution >= 0.6 is 0 Å². The van der Waals surface area contributed by atoms with Gasteiger partial charge >= 0.3 is 0 Å². The number of anilines is 1. The largest absolute Gasteiger partial charge is 0.497 e. The highest BCUT2D eigenvalue weighted by Gasteiger charge is 2.16. The Labute approximate surface area is 176 Å². The molecule has 0 bridgehead atoms. The minimum absolute atomic E-state index is 0.181. The number of ether oxygens (including phenoxy) is 1. The average Bonchev–Trinajstić information content (AvgIpc) is 2.76. The van der Waals surface area contributed by atoms with Crippen LogP contribution in [0.25, 0.3) is 0 Å². The van der Waals surface area contributed by atoms with Gasteiger partial charge in [-0.15, -0.1) is 0 Å². The molecule has 0 saturated carbocycles. The van der Waals surface area contributed by atoms with Gasteiger partial charge in [0, 0.05) is 25.6 Å². The fourth-order valence-electron chi connectivity index (χ4n) is 3.08. The maximum atomic E-state index is 12.7. The molecule has 0 aliphatic heterocycles. The minimum atomic E-state index is -0.219. The zero-order valence-electron chi connectivity index (χ0n) is 17.2. The molecule has 6 nitrogen and oxygen atoms in total. The molecule has 1 aromatic heterocycles. The molecule has 0 saturated heterocycles. The van der Waals surface area contributed by atoms with Crippen LogP contribution in [-0.2, 0) is 17.8 Å². The molecule has 2 N–H and O–H groups in total. The lowest BCUT2D eigenvalue weighted by Crippen LogP contribution is -2.42. The topological polar surface area (TPSA) is 71.3 Å². The Hall–Kier alpha value is -3.67. The number of nitrogens with one attached hydrogen (secondary N) is 2. The number of pyridine rings is 1. The van der Waals surface area contributed by atoms with Gasteiger partial charge in [0.25, 0.3) is 11.8 Å². The summed E-state index contributed by atoms with van der Waals surface area (Å²) in [5.41, 5.74) is 3.03. The zero-order chi connectivity index (χ0) is 21.3. The number of carbonyl (C=O) groups excluding carboxylic acids is 2. The second-order valence-corrected chi connectivity index (χ2v) is 6.92. The molecule has 6 heteroatoms. The van der Waals surface area contributed by atoms with Crippen LogP contribution in [0, 0.1) is 6.92 Å². The molecule has 3 aromatic rings. The van der Waals surface area contributed by atoms with E-state index >= 15 is 0 Å². The third-order valence-electron chi connectivity index (χ3n) is 4.79. The number of methoxy groups -OCH3 is 1. The first-order valence-corrected chi connectivity index (χ1v) is 9.82. The summed E-state index contributed by atoms with van der Waals surface area (Å²) in [7, 11) is 1.63. The molecule has 0 unspecified atom stereocenters. The molecule has 1 heterocycles. The van der Waals surface area contributed by atoms with E-state index < -0.39 is 0 Å². The number of amides is 2. The maximum Gasteiger partial charge on any atom is 0.290 e. The van der Waals surface area contributed by atoms with E-state index in [1.54, 1.807) is 31.4 Å². The number of rotatable bonds is 8. The summed E-state index contributed by atoms with van der Waals surface area (Å²) in [6.07, 6.45) is 2.56. The molecular formula is C24H26N3O3+. The van der Waals surface area contributed by atoms with Gasteiger partial charge < -0.3 is 15.4 Å². The Morgan fingerprint density at radius 1 is 0.967 bits per heavy atom. The number of carbonyl (C=O) groups is 2. The summed E-state index contributed by atoms with van der Waals surface area (Å²) in [4.78, 5) is 25.1. The van der Waals surface area contributed by atoms with Crippen molar-refractivity contribution in [2.45, 2.75) is 19.9 Å². The number of aromatic nitrogens is 1. The minimum Gasteiger partial charge on any atom is -0.497 e. The molecule has 0 atom stereocenters. The van der Waals surface area contributed by atoms with Gasteiger partial charge in [-0.2, -0.15) is 4.57 Å². The van der Waals surface area contributed by atoms with Gasteiger partial charge in [-0.05, 0) is 36.2 Å². The number of nitrogens with zero attached hydrogens (tertiary/aromatic N) is 1. The number of para-hydroxylation sites is 1. The third kappa shape index (κ3) is 5.67. The van der Waals surface area contributed by atoms with E-state index in [2.05, 4.69) is 10.6 Å². The molecule has 0 spiro atoms. The molecule has 30 heavy (non-hydrogen) atoms. The van der Waals surface area contributed by atoms with E-state index in [0.717, 1.165) is 17.0 Å². The highest BCUT2D eigenvalue weighted by molar-refractivity contribution is 6.03. The van der Waals surface area contributed by atoms with Gasteiger partial charge in [0.15, 0.2) is 11.9 Å². The Kier molecular flexibility index (Phi) is 7.16. The molecule has 0 radical (unpaired) electrons. The molecule has 0 aliphatic rings. The standard InChI is InChI=1S/C24H25N3O3/c1-18-7-5-6-16-27(18)17-23(28)26-22-9-4-3-8-21(22)24(29)25-15-14-19-10-12-20(30-2)13-11-19/h3-13,16H,14-15,17H2,1-2H3,(H-,25,26,28,29)/p+1. The third-order valence-corrected chi connectivity index (χ3v) is 4.79. The summed E-state index contributed by atoms with van der Waals surface area (Å²) < 4.78 is 7.01. The van der Waals surface area contributed by atoms with Crippen molar-refractivity contribution in [3.05, 3.63) is 89.7 Å². The van der Waals surface area contributed by atoms with Crippen LogP contribution in [0.3, 0.4) is 0 Å². The predicted molar refractivity (Wildman–Crippen MR) is 115 cm³/mol. The van der Waals surface area contributed by atoms with Gasteiger partial charge in [0.05, 0.1) is 18.4 Å². The molecule has 0 aliphatic carbocycles. The number of aryl methyl sites for hydroxylation is 1. The van der Waals surface area contributed by atoms with E-state index in [0.29, 0.717) is 24.2 Å². The van der Waals surface area contributed by atoms with Crippen molar-refractivity contribution in [1.82, 2.24) is 5.32 Å². The van der Waals surface area contributed by atoms with E-state index in [1.165, 1.54) is 0 Å². The van der Waals surface area contributed by atoms with E-state index in [4.69, 9.17) is 4.74 Å². The van der Waals surface area contributed by atoms with Crippen LogP contribution < -0.4 is 19.9 Å². The van der Waals surface area contributed by atoms with Gasteiger partial charge in [-0.1, -0.05) is 30.3 Å². The number of hydrogen-bond donors (Lipinski definition) is 2. The van der Waals surface area contributed by atoms with Crippen molar-refractivity contribution in [3.63, 3.8) is 0 Å². The molecular weight excluding hydrogens is 378 g/mol. The summed E-state index contributed by atoms with van der Waals surface area (Å²) in [5.74, 6) is 0.395. The lowest BCUT2D eigenvalue weighted by Gasteiger charge is -2.11. The van der Waals surface area contributed by atoms with E-state index in [9.17, 15) is 9.59 Å². The van der Waals surface area contributed by atoms with Crippen LogP contribution in [0.5, 0.6) is 5.75 Å². The first kappa shape index (κ1) is 21.0. The fraction of sp³-hybridized carbons (Fsp3) is 0.208. The smallest absolute Gasteiger partial charge is 0.290 e. The highest BCUT2D eigenvalue weighted by Crippen LogP contribution is 2.15. The predicted octanol–water partition coefficient (Wildman–Crippen LogP) is 2.90. The second kappa shape index (κ2) is 10.2. The SMILES string of the molecule is COc1ccc(CCNC(=O)c2ccccc2NC(=O)C[n+]2ccccc2C)cc1. The van der Waals surface area contributed by atoms with E-state index in [1.807, 2.05) is 60.2 Å². The van der Waals surface area contributed by atoms with Crippen molar-refractivity contribution in [3.8, 4) is 5.75 Å². The normalized spacial score (nSPS) is 10.3. The summed E-state index contributed by atoms with van der Waals surface area (Å²) in [6.45, 7) is 2.62. The first-order valence-electron chi connectivity index (χ1n) is 9.82. The average molecular weight is 404 g/mol. The summed E-state index contributed by atoms with van der Waals surface area (Å²) in [5, 5.41) is 5.78. The summed E-state index contributed by atoms with van der Waals surface area (Å²) in [6, 6.07) is 20.5. The van der Waals surface area contributed by atoms with Crippen LogP contribution in [0.2, 0.25) is 0 Å². The highest BCUT2D eigenvalue weighted by atomic mass is 16.5.